The van der Waals surface area contributed by atoms with Gasteiger partial charge in [0.05, 0.1) is 6.10 Å². The van der Waals surface area contributed by atoms with Crippen molar-refractivity contribution in [2.24, 2.45) is 0 Å². The first kappa shape index (κ1) is 11.9. The van der Waals surface area contributed by atoms with Gasteiger partial charge in [0.25, 0.3) is 0 Å². The number of rotatable bonds is 2. The van der Waals surface area contributed by atoms with E-state index in [-0.39, 0.29) is 0 Å². The van der Waals surface area contributed by atoms with Gasteiger partial charge in [0.15, 0.2) is 0 Å². The molecule has 3 nitrogen and oxygen atoms in total. The molecule has 1 saturated carbocycles. The Morgan fingerprint density at radius 2 is 1.65 bits per heavy atom. The highest BCUT2D eigenvalue weighted by atomic mass is 16.5. The van der Waals surface area contributed by atoms with Crippen molar-refractivity contribution in [1.29, 1.82) is 0 Å². The summed E-state index contributed by atoms with van der Waals surface area (Å²) in [7, 11) is 1.85. The van der Waals surface area contributed by atoms with Crippen LogP contribution in [0.5, 0.6) is 0 Å². The van der Waals surface area contributed by atoms with Gasteiger partial charge in [0.1, 0.15) is 0 Å². The van der Waals surface area contributed by atoms with Crippen molar-refractivity contribution in [2.75, 3.05) is 33.3 Å². The molecule has 17 heavy (non-hydrogen) atoms. The number of nitrogens with zero attached hydrogens (tertiary/aromatic N) is 2. The van der Waals surface area contributed by atoms with Crippen molar-refractivity contribution in [2.45, 2.75) is 56.7 Å². The third kappa shape index (κ3) is 2.51. The van der Waals surface area contributed by atoms with Gasteiger partial charge in [0.2, 0.25) is 0 Å². The Kier molecular flexibility index (Phi) is 3.69. The molecule has 3 aliphatic rings. The lowest BCUT2D eigenvalue weighted by atomic mass is 9.87. The highest BCUT2D eigenvalue weighted by Gasteiger charge is 2.36. The lowest BCUT2D eigenvalue weighted by molar-refractivity contribution is -0.0304. The molecule has 0 aromatic heterocycles. The Labute approximate surface area is 105 Å². The minimum atomic E-state index is 0.547. The molecule has 2 aliphatic heterocycles. The smallest absolute Gasteiger partial charge is 0.0601 e. The van der Waals surface area contributed by atoms with Gasteiger partial charge in [-0.05, 0) is 51.7 Å². The van der Waals surface area contributed by atoms with E-state index < -0.39 is 0 Å². The molecule has 3 rings (SSSR count). The maximum atomic E-state index is 5.41. The molecular weight excluding hydrogens is 212 g/mol. The van der Waals surface area contributed by atoms with Crippen LogP contribution in [0, 0.1) is 0 Å². The predicted octanol–water partition coefficient (Wildman–Crippen LogP) is 1.72. The second-order valence-electron chi connectivity index (χ2n) is 6.02. The van der Waals surface area contributed by atoms with Gasteiger partial charge in [-0.25, -0.2) is 0 Å². The van der Waals surface area contributed by atoms with Crippen molar-refractivity contribution < 1.29 is 4.74 Å². The number of hydrogen-bond donors (Lipinski definition) is 0. The van der Waals surface area contributed by atoms with Gasteiger partial charge in [-0.2, -0.15) is 0 Å². The quantitative estimate of drug-likeness (QED) is 0.728. The normalized spacial score (nSPS) is 40.4. The summed E-state index contributed by atoms with van der Waals surface area (Å²) in [5.74, 6) is 0. The predicted molar refractivity (Wildman–Crippen MR) is 69.2 cm³/mol. The summed E-state index contributed by atoms with van der Waals surface area (Å²) in [6.07, 6.45) is 8.74. The zero-order valence-corrected chi connectivity index (χ0v) is 11.1. The van der Waals surface area contributed by atoms with Crippen LogP contribution in [-0.2, 0) is 4.74 Å². The summed E-state index contributed by atoms with van der Waals surface area (Å²) in [5.41, 5.74) is 0. The SMILES string of the molecule is COC1CC(N2CCCN3CCCCC3C2)C1. The largest absolute Gasteiger partial charge is 0.381 e. The molecule has 0 N–H and O–H groups in total. The summed E-state index contributed by atoms with van der Waals surface area (Å²) in [6, 6.07) is 1.68. The van der Waals surface area contributed by atoms with Crippen LogP contribution in [0.15, 0.2) is 0 Å². The summed E-state index contributed by atoms with van der Waals surface area (Å²) in [6.45, 7) is 5.32. The highest BCUT2D eigenvalue weighted by molar-refractivity contribution is 4.92. The molecule has 98 valence electrons. The number of methoxy groups -OCH3 is 1. The van der Waals surface area contributed by atoms with Crippen molar-refractivity contribution in [1.82, 2.24) is 9.80 Å². The van der Waals surface area contributed by atoms with Crippen molar-refractivity contribution in [3.05, 3.63) is 0 Å². The molecule has 0 radical (unpaired) electrons. The molecule has 3 fully saturated rings. The lowest BCUT2D eigenvalue weighted by Gasteiger charge is -2.43. The fraction of sp³-hybridized carbons (Fsp3) is 1.00. The molecule has 2 heterocycles. The minimum Gasteiger partial charge on any atom is -0.381 e. The van der Waals surface area contributed by atoms with E-state index in [1.54, 1.807) is 0 Å². The zero-order valence-electron chi connectivity index (χ0n) is 11.1. The first-order valence-corrected chi connectivity index (χ1v) is 7.37. The van der Waals surface area contributed by atoms with Crippen LogP contribution in [0.1, 0.15) is 38.5 Å². The molecule has 0 aromatic rings. The van der Waals surface area contributed by atoms with E-state index in [4.69, 9.17) is 4.74 Å². The number of piperidine rings is 1. The van der Waals surface area contributed by atoms with Crippen LogP contribution in [-0.4, -0.2) is 61.3 Å². The van der Waals surface area contributed by atoms with Crippen LogP contribution in [0.2, 0.25) is 0 Å². The Hall–Kier alpha value is -0.120. The average Bonchev–Trinajstić information content (AvgIpc) is 2.49. The maximum absolute atomic E-state index is 5.41. The van der Waals surface area contributed by atoms with Crippen LogP contribution in [0.4, 0.5) is 0 Å². The van der Waals surface area contributed by atoms with E-state index in [1.807, 2.05) is 7.11 Å². The standard InChI is InChI=1S/C14H26N2O/c1-17-14-9-13(10-14)16-8-4-7-15-6-3-2-5-12(15)11-16/h12-14H,2-11H2,1H3. The molecule has 0 amide bonds. The monoisotopic (exact) mass is 238 g/mol. The van der Waals surface area contributed by atoms with Crippen LogP contribution in [0.25, 0.3) is 0 Å². The second-order valence-corrected chi connectivity index (χ2v) is 6.02. The molecule has 3 heteroatoms. The summed E-state index contributed by atoms with van der Waals surface area (Å²) in [4.78, 5) is 5.50. The van der Waals surface area contributed by atoms with Crippen molar-refractivity contribution in [3.63, 3.8) is 0 Å². The molecule has 0 bridgehead atoms. The highest BCUT2D eigenvalue weighted by Crippen LogP contribution is 2.30. The molecule has 0 aromatic carbocycles. The summed E-state index contributed by atoms with van der Waals surface area (Å²) < 4.78 is 5.41. The van der Waals surface area contributed by atoms with E-state index in [0.29, 0.717) is 6.10 Å². The van der Waals surface area contributed by atoms with Crippen LogP contribution >= 0.6 is 0 Å². The van der Waals surface area contributed by atoms with E-state index in [1.165, 1.54) is 64.7 Å². The molecule has 0 spiro atoms. The Morgan fingerprint density at radius 1 is 0.882 bits per heavy atom. The van der Waals surface area contributed by atoms with Gasteiger partial charge < -0.3 is 4.74 Å². The van der Waals surface area contributed by atoms with E-state index in [2.05, 4.69) is 9.80 Å². The molecule has 1 unspecified atom stereocenters. The molecule has 1 aliphatic carbocycles. The Balaban J connectivity index is 1.56. The van der Waals surface area contributed by atoms with Crippen molar-refractivity contribution >= 4 is 0 Å². The average molecular weight is 238 g/mol. The maximum Gasteiger partial charge on any atom is 0.0601 e. The lowest BCUT2D eigenvalue weighted by Crippen LogP contribution is -2.51. The van der Waals surface area contributed by atoms with Gasteiger partial charge in [-0.15, -0.1) is 0 Å². The van der Waals surface area contributed by atoms with E-state index in [0.717, 1.165) is 12.1 Å². The summed E-state index contributed by atoms with van der Waals surface area (Å²) in [5, 5.41) is 0. The van der Waals surface area contributed by atoms with E-state index >= 15 is 0 Å². The van der Waals surface area contributed by atoms with E-state index in [9.17, 15) is 0 Å². The first-order valence-electron chi connectivity index (χ1n) is 7.37. The Bertz CT molecular complexity index is 253. The fourth-order valence-electron chi connectivity index (χ4n) is 3.76. The minimum absolute atomic E-state index is 0.547. The van der Waals surface area contributed by atoms with Gasteiger partial charge >= 0.3 is 0 Å². The fourth-order valence-corrected chi connectivity index (χ4v) is 3.76. The second kappa shape index (κ2) is 5.25. The van der Waals surface area contributed by atoms with Gasteiger partial charge in [0, 0.05) is 25.7 Å². The number of ether oxygens (including phenoxy) is 1. The summed E-state index contributed by atoms with van der Waals surface area (Å²) >= 11 is 0. The number of fused-ring (bicyclic) bond motifs is 1. The zero-order chi connectivity index (χ0) is 11.7. The van der Waals surface area contributed by atoms with Crippen LogP contribution < -0.4 is 0 Å². The third-order valence-corrected chi connectivity index (χ3v) is 5.00. The molecule has 1 atom stereocenters. The van der Waals surface area contributed by atoms with Crippen molar-refractivity contribution in [3.8, 4) is 0 Å². The molecule has 2 saturated heterocycles. The van der Waals surface area contributed by atoms with Gasteiger partial charge in [-0.1, -0.05) is 6.42 Å². The topological polar surface area (TPSA) is 15.7 Å². The number of hydrogen-bond acceptors (Lipinski definition) is 3. The first-order chi connectivity index (χ1) is 8.36. The third-order valence-electron chi connectivity index (χ3n) is 5.00. The molecular formula is C14H26N2O. The van der Waals surface area contributed by atoms with Gasteiger partial charge in [-0.3, -0.25) is 9.80 Å². The Morgan fingerprint density at radius 3 is 2.47 bits per heavy atom. The van der Waals surface area contributed by atoms with Crippen LogP contribution in [0.3, 0.4) is 0 Å².